The molecule has 1 heteroatoms. The van der Waals surface area contributed by atoms with Crippen LogP contribution in [0.3, 0.4) is 0 Å². The van der Waals surface area contributed by atoms with Crippen LogP contribution in [0.4, 0.5) is 0 Å². The SMILES string of the molecule is N=C=C1CCCC1. The molecule has 1 fully saturated rings. The van der Waals surface area contributed by atoms with Crippen molar-refractivity contribution in [3.05, 3.63) is 5.57 Å². The molecule has 0 aromatic carbocycles. The van der Waals surface area contributed by atoms with E-state index in [1.165, 1.54) is 18.4 Å². The number of rotatable bonds is 0. The predicted octanol–water partition coefficient (Wildman–Crippen LogP) is 1.74. The Morgan fingerprint density at radius 2 is 1.86 bits per heavy atom. The molecule has 0 aliphatic heterocycles. The normalized spacial score (nSPS) is 19.7. The predicted molar refractivity (Wildman–Crippen MR) is 29.7 cm³/mol. The number of hydrogen-bond donors (Lipinski definition) is 1. The van der Waals surface area contributed by atoms with Crippen molar-refractivity contribution in [1.29, 1.82) is 5.41 Å². The Morgan fingerprint density at radius 3 is 2.14 bits per heavy atom. The lowest BCUT2D eigenvalue weighted by atomic mass is 10.3. The fraction of sp³-hybridized carbons (Fsp3) is 0.667. The lowest BCUT2D eigenvalue weighted by Gasteiger charge is -1.79. The summed E-state index contributed by atoms with van der Waals surface area (Å²) >= 11 is 0. The molecule has 1 N–H and O–H groups in total. The minimum absolute atomic E-state index is 1.13. The van der Waals surface area contributed by atoms with Gasteiger partial charge in [-0.1, -0.05) is 0 Å². The summed E-state index contributed by atoms with van der Waals surface area (Å²) in [7, 11) is 0. The Hall–Kier alpha value is -0.550. The summed E-state index contributed by atoms with van der Waals surface area (Å²) in [6.07, 6.45) is 4.81. The third kappa shape index (κ3) is 0.908. The molecule has 1 rings (SSSR count). The van der Waals surface area contributed by atoms with E-state index in [4.69, 9.17) is 5.41 Å². The fourth-order valence-corrected chi connectivity index (χ4v) is 0.927. The maximum atomic E-state index is 6.71. The van der Waals surface area contributed by atoms with Crippen molar-refractivity contribution in [2.45, 2.75) is 25.7 Å². The van der Waals surface area contributed by atoms with Gasteiger partial charge in [0.25, 0.3) is 0 Å². The maximum Gasteiger partial charge on any atom is -0.00945 e. The molecule has 1 aliphatic rings. The minimum atomic E-state index is 1.13. The van der Waals surface area contributed by atoms with Gasteiger partial charge in [-0.3, -0.25) is 5.41 Å². The summed E-state index contributed by atoms with van der Waals surface area (Å²) in [4.78, 5) is 0. The lowest BCUT2D eigenvalue weighted by Crippen LogP contribution is -1.67. The molecule has 1 nitrogen and oxygen atoms in total. The highest BCUT2D eigenvalue weighted by Crippen LogP contribution is 2.20. The van der Waals surface area contributed by atoms with Crippen molar-refractivity contribution >= 4 is 5.87 Å². The fourth-order valence-electron chi connectivity index (χ4n) is 0.927. The molecule has 0 heterocycles. The second-order valence-corrected chi connectivity index (χ2v) is 1.94. The van der Waals surface area contributed by atoms with Gasteiger partial charge in [-0.15, -0.1) is 0 Å². The smallest absolute Gasteiger partial charge is 0.00945 e. The first-order valence-electron chi connectivity index (χ1n) is 2.71. The summed E-state index contributed by atoms with van der Waals surface area (Å²) < 4.78 is 0. The molecule has 38 valence electrons. The van der Waals surface area contributed by atoms with Crippen molar-refractivity contribution in [3.8, 4) is 0 Å². The number of hydrogen-bond acceptors (Lipinski definition) is 1. The van der Waals surface area contributed by atoms with Crippen LogP contribution in [0.2, 0.25) is 0 Å². The van der Waals surface area contributed by atoms with E-state index in [0.29, 0.717) is 0 Å². The molecule has 0 spiro atoms. The van der Waals surface area contributed by atoms with Crippen LogP contribution in [0.25, 0.3) is 0 Å². The molecule has 1 aliphatic carbocycles. The Kier molecular flexibility index (Phi) is 1.28. The summed E-state index contributed by atoms with van der Waals surface area (Å²) in [6.45, 7) is 0. The van der Waals surface area contributed by atoms with E-state index in [0.717, 1.165) is 12.8 Å². The highest BCUT2D eigenvalue weighted by atomic mass is 14.3. The van der Waals surface area contributed by atoms with Gasteiger partial charge >= 0.3 is 0 Å². The average Bonchev–Trinajstić information content (AvgIpc) is 2.14. The largest absolute Gasteiger partial charge is 0.259 e. The van der Waals surface area contributed by atoms with E-state index in [-0.39, 0.29) is 0 Å². The van der Waals surface area contributed by atoms with Gasteiger partial charge in [-0.05, 0) is 37.1 Å². The average molecular weight is 95.1 g/mol. The Balaban J connectivity index is 2.57. The molecule has 0 amide bonds. The first kappa shape index (κ1) is 4.61. The third-order valence-electron chi connectivity index (χ3n) is 1.38. The first-order chi connectivity index (χ1) is 3.43. The van der Waals surface area contributed by atoms with E-state index in [1.807, 2.05) is 0 Å². The number of nitrogens with one attached hydrogen (secondary N) is 1. The van der Waals surface area contributed by atoms with Crippen molar-refractivity contribution in [3.63, 3.8) is 0 Å². The van der Waals surface area contributed by atoms with Crippen molar-refractivity contribution in [1.82, 2.24) is 0 Å². The van der Waals surface area contributed by atoms with Gasteiger partial charge in [0.1, 0.15) is 0 Å². The van der Waals surface area contributed by atoms with Gasteiger partial charge in [0.15, 0.2) is 0 Å². The topological polar surface area (TPSA) is 23.9 Å². The highest BCUT2D eigenvalue weighted by Gasteiger charge is 2.04. The standard InChI is InChI=1S/C6H9N/c7-5-6-3-1-2-4-6/h7H,1-4H2. The summed E-state index contributed by atoms with van der Waals surface area (Å²) in [5, 5.41) is 6.71. The van der Waals surface area contributed by atoms with Gasteiger partial charge in [-0.25, -0.2) is 0 Å². The zero-order valence-electron chi connectivity index (χ0n) is 4.33. The quantitative estimate of drug-likeness (QED) is 0.443. The Morgan fingerprint density at radius 1 is 1.29 bits per heavy atom. The van der Waals surface area contributed by atoms with Gasteiger partial charge in [0.05, 0.1) is 0 Å². The molecule has 0 unspecified atom stereocenters. The second-order valence-electron chi connectivity index (χ2n) is 1.94. The Bertz CT molecular complexity index is 101. The van der Waals surface area contributed by atoms with Crippen LogP contribution in [-0.2, 0) is 0 Å². The van der Waals surface area contributed by atoms with Crippen LogP contribution in [0.5, 0.6) is 0 Å². The first-order valence-corrected chi connectivity index (χ1v) is 2.71. The van der Waals surface area contributed by atoms with E-state index in [2.05, 4.69) is 5.87 Å². The molecule has 0 atom stereocenters. The van der Waals surface area contributed by atoms with Crippen LogP contribution in [0.1, 0.15) is 25.7 Å². The van der Waals surface area contributed by atoms with Crippen molar-refractivity contribution in [2.75, 3.05) is 0 Å². The monoisotopic (exact) mass is 95.1 g/mol. The van der Waals surface area contributed by atoms with E-state index in [9.17, 15) is 0 Å². The van der Waals surface area contributed by atoms with Crippen LogP contribution in [0, 0.1) is 5.41 Å². The van der Waals surface area contributed by atoms with Gasteiger partial charge in [-0.2, -0.15) is 0 Å². The lowest BCUT2D eigenvalue weighted by molar-refractivity contribution is 0.886. The van der Waals surface area contributed by atoms with Crippen molar-refractivity contribution < 1.29 is 0 Å². The van der Waals surface area contributed by atoms with Crippen molar-refractivity contribution in [2.24, 2.45) is 0 Å². The van der Waals surface area contributed by atoms with Gasteiger partial charge in [0.2, 0.25) is 0 Å². The zero-order chi connectivity index (χ0) is 5.11. The molecule has 7 heavy (non-hydrogen) atoms. The molecule has 0 bridgehead atoms. The van der Waals surface area contributed by atoms with E-state index >= 15 is 0 Å². The van der Waals surface area contributed by atoms with Gasteiger partial charge in [0, 0.05) is 0 Å². The zero-order valence-corrected chi connectivity index (χ0v) is 4.33. The van der Waals surface area contributed by atoms with Gasteiger partial charge < -0.3 is 0 Å². The van der Waals surface area contributed by atoms with Crippen LogP contribution >= 0.6 is 0 Å². The molecule has 0 aromatic heterocycles. The highest BCUT2D eigenvalue weighted by molar-refractivity contribution is 5.54. The van der Waals surface area contributed by atoms with Crippen LogP contribution < -0.4 is 0 Å². The molecular weight excluding hydrogens is 86.1 g/mol. The molecule has 0 saturated heterocycles. The summed E-state index contributed by atoms with van der Waals surface area (Å²) in [5.74, 6) is 2.43. The van der Waals surface area contributed by atoms with Crippen LogP contribution in [-0.4, -0.2) is 5.87 Å². The third-order valence-corrected chi connectivity index (χ3v) is 1.38. The van der Waals surface area contributed by atoms with E-state index < -0.39 is 0 Å². The van der Waals surface area contributed by atoms with E-state index in [1.54, 1.807) is 0 Å². The Labute approximate surface area is 43.6 Å². The minimum Gasteiger partial charge on any atom is -0.259 e. The maximum absolute atomic E-state index is 6.71. The molecule has 1 saturated carbocycles. The summed E-state index contributed by atoms with van der Waals surface area (Å²) in [5.41, 5.74) is 1.21. The molecule has 0 radical (unpaired) electrons. The molecule has 0 aromatic rings. The van der Waals surface area contributed by atoms with Crippen LogP contribution in [0.15, 0.2) is 5.57 Å². The second kappa shape index (κ2) is 1.94. The number of allylic oxidation sites excluding steroid dienone is 1. The molecular formula is C6H9N. The summed E-state index contributed by atoms with van der Waals surface area (Å²) in [6, 6.07) is 0.